The van der Waals surface area contributed by atoms with Crippen LogP contribution in [0.1, 0.15) is 61.4 Å². The minimum atomic E-state index is 0.0612. The lowest BCUT2D eigenvalue weighted by atomic mass is 9.97. The van der Waals surface area contributed by atoms with Crippen LogP contribution in [0, 0.1) is 0 Å². The lowest BCUT2D eigenvalue weighted by Crippen LogP contribution is -2.19. The molecule has 1 heterocycles. The number of rotatable bonds is 6. The second-order valence-corrected chi connectivity index (χ2v) is 5.15. The maximum Gasteiger partial charge on any atom is 0.224 e. The van der Waals surface area contributed by atoms with Gasteiger partial charge in [0.05, 0.1) is 0 Å². The molecule has 2 rings (SSSR count). The number of Topliss-reactive ketones (excluding diaryl/α,β-unsaturated/α-hetero) is 1. The van der Waals surface area contributed by atoms with Crippen LogP contribution in [-0.4, -0.2) is 11.7 Å². The number of carbonyl (C=O) groups is 2. The van der Waals surface area contributed by atoms with Crippen LogP contribution in [0.3, 0.4) is 0 Å². The van der Waals surface area contributed by atoms with Gasteiger partial charge in [-0.05, 0) is 36.6 Å². The summed E-state index contributed by atoms with van der Waals surface area (Å²) < 4.78 is 0. The van der Waals surface area contributed by atoms with E-state index in [1.165, 1.54) is 12.8 Å². The predicted octanol–water partition coefficient (Wildman–Crippen LogP) is 3.72. The highest BCUT2D eigenvalue weighted by Gasteiger charge is 2.16. The summed E-state index contributed by atoms with van der Waals surface area (Å²) in [6.45, 7) is 2.17. The van der Waals surface area contributed by atoms with E-state index in [1.54, 1.807) is 0 Å². The van der Waals surface area contributed by atoms with Gasteiger partial charge in [-0.1, -0.05) is 26.2 Å². The van der Waals surface area contributed by atoms with Gasteiger partial charge in [0.15, 0.2) is 5.78 Å². The molecule has 0 bridgehead atoms. The van der Waals surface area contributed by atoms with E-state index >= 15 is 0 Å². The van der Waals surface area contributed by atoms with E-state index in [4.69, 9.17) is 0 Å². The number of unbranched alkanes of at least 4 members (excludes halogenated alkanes) is 3. The molecular weight excluding hydrogens is 238 g/mol. The Morgan fingerprint density at radius 1 is 1.21 bits per heavy atom. The van der Waals surface area contributed by atoms with Crippen LogP contribution in [0.4, 0.5) is 5.69 Å². The minimum Gasteiger partial charge on any atom is -0.326 e. The van der Waals surface area contributed by atoms with Crippen molar-refractivity contribution in [3.63, 3.8) is 0 Å². The molecule has 0 spiro atoms. The molecule has 1 aliphatic heterocycles. The van der Waals surface area contributed by atoms with Gasteiger partial charge < -0.3 is 5.32 Å². The molecule has 3 heteroatoms. The van der Waals surface area contributed by atoms with E-state index in [1.807, 2.05) is 18.2 Å². The Hall–Kier alpha value is -1.64. The summed E-state index contributed by atoms with van der Waals surface area (Å²) in [6.07, 6.45) is 6.37. The number of anilines is 1. The first-order valence-electron chi connectivity index (χ1n) is 7.16. The van der Waals surface area contributed by atoms with Crippen LogP contribution >= 0.6 is 0 Å². The fourth-order valence-corrected chi connectivity index (χ4v) is 2.41. The summed E-state index contributed by atoms with van der Waals surface area (Å²) in [7, 11) is 0. The number of carbonyl (C=O) groups excluding carboxylic acids is 2. The third-order valence-corrected chi connectivity index (χ3v) is 3.58. The number of hydrogen-bond donors (Lipinski definition) is 1. The van der Waals surface area contributed by atoms with E-state index in [9.17, 15) is 9.59 Å². The number of fused-ring (bicyclic) bond motifs is 1. The number of benzene rings is 1. The largest absolute Gasteiger partial charge is 0.326 e. The first-order valence-corrected chi connectivity index (χ1v) is 7.16. The normalized spacial score (nSPS) is 13.8. The van der Waals surface area contributed by atoms with Crippen molar-refractivity contribution in [2.45, 2.75) is 51.9 Å². The average molecular weight is 259 g/mol. The topological polar surface area (TPSA) is 46.2 Å². The van der Waals surface area contributed by atoms with Crippen molar-refractivity contribution in [3.05, 3.63) is 29.3 Å². The maximum absolute atomic E-state index is 12.1. The van der Waals surface area contributed by atoms with Crippen molar-refractivity contribution in [2.24, 2.45) is 0 Å². The molecule has 0 aromatic heterocycles. The molecule has 102 valence electrons. The number of aryl methyl sites for hydroxylation is 1. The zero-order chi connectivity index (χ0) is 13.7. The molecule has 0 aliphatic carbocycles. The second-order valence-electron chi connectivity index (χ2n) is 5.15. The molecule has 1 aromatic rings. The van der Waals surface area contributed by atoms with Crippen LogP contribution in [0.5, 0.6) is 0 Å². The Balaban J connectivity index is 1.97. The molecule has 3 nitrogen and oxygen atoms in total. The fourth-order valence-electron chi connectivity index (χ4n) is 2.41. The number of hydrogen-bond acceptors (Lipinski definition) is 2. The Morgan fingerprint density at radius 3 is 2.84 bits per heavy atom. The van der Waals surface area contributed by atoms with Crippen molar-refractivity contribution in [1.82, 2.24) is 0 Å². The molecule has 0 saturated carbocycles. The molecule has 0 unspecified atom stereocenters. The van der Waals surface area contributed by atoms with Crippen LogP contribution in [0.2, 0.25) is 0 Å². The van der Waals surface area contributed by atoms with E-state index in [0.717, 1.165) is 36.1 Å². The van der Waals surface area contributed by atoms with Crippen molar-refractivity contribution in [2.75, 3.05) is 5.32 Å². The van der Waals surface area contributed by atoms with Crippen LogP contribution in [0.25, 0.3) is 0 Å². The van der Waals surface area contributed by atoms with Crippen molar-refractivity contribution in [3.8, 4) is 0 Å². The molecule has 1 amide bonds. The van der Waals surface area contributed by atoms with Crippen LogP contribution in [0.15, 0.2) is 18.2 Å². The molecule has 1 aliphatic rings. The summed E-state index contributed by atoms with van der Waals surface area (Å²) in [5.74, 6) is 0.280. The Labute approximate surface area is 114 Å². The first-order chi connectivity index (χ1) is 9.20. The zero-order valence-corrected chi connectivity index (χ0v) is 11.5. The van der Waals surface area contributed by atoms with Gasteiger partial charge in [0, 0.05) is 24.1 Å². The third kappa shape index (κ3) is 3.66. The molecule has 19 heavy (non-hydrogen) atoms. The molecule has 0 fully saturated rings. The highest BCUT2D eigenvalue weighted by Crippen LogP contribution is 2.24. The summed E-state index contributed by atoms with van der Waals surface area (Å²) >= 11 is 0. The van der Waals surface area contributed by atoms with Gasteiger partial charge in [-0.2, -0.15) is 0 Å². The molecule has 0 saturated heterocycles. The Kier molecular flexibility index (Phi) is 4.72. The van der Waals surface area contributed by atoms with E-state index < -0.39 is 0 Å². The highest BCUT2D eigenvalue weighted by molar-refractivity contribution is 5.98. The highest BCUT2D eigenvalue weighted by atomic mass is 16.1. The molecule has 1 aromatic carbocycles. The zero-order valence-electron chi connectivity index (χ0n) is 11.5. The monoisotopic (exact) mass is 259 g/mol. The smallest absolute Gasteiger partial charge is 0.224 e. The fraction of sp³-hybridized carbons (Fsp3) is 0.500. The van der Waals surface area contributed by atoms with Gasteiger partial charge in [0.1, 0.15) is 0 Å². The van der Waals surface area contributed by atoms with Crippen molar-refractivity contribution in [1.29, 1.82) is 0 Å². The average Bonchev–Trinajstić information content (AvgIpc) is 2.42. The second kappa shape index (κ2) is 6.50. The van der Waals surface area contributed by atoms with Gasteiger partial charge in [-0.3, -0.25) is 9.59 Å². The summed E-state index contributed by atoms with van der Waals surface area (Å²) in [5.41, 5.74) is 2.73. The van der Waals surface area contributed by atoms with Gasteiger partial charge >= 0.3 is 0 Å². The summed E-state index contributed by atoms with van der Waals surface area (Å²) in [5, 5.41) is 2.84. The quantitative estimate of drug-likeness (QED) is 0.625. The number of ketones is 1. The summed E-state index contributed by atoms with van der Waals surface area (Å²) in [6, 6.07) is 5.62. The van der Waals surface area contributed by atoms with E-state index in [2.05, 4.69) is 12.2 Å². The van der Waals surface area contributed by atoms with E-state index in [0.29, 0.717) is 12.8 Å². The standard InChI is InChI=1S/C16H21NO2/c1-2-3-4-5-6-15(18)13-7-9-14-12(11-13)8-10-16(19)17-14/h7,9,11H,2-6,8,10H2,1H3,(H,17,19). The number of nitrogens with one attached hydrogen (secondary N) is 1. The summed E-state index contributed by atoms with van der Waals surface area (Å²) in [4.78, 5) is 23.3. The van der Waals surface area contributed by atoms with Gasteiger partial charge in [-0.15, -0.1) is 0 Å². The third-order valence-electron chi connectivity index (χ3n) is 3.58. The van der Waals surface area contributed by atoms with E-state index in [-0.39, 0.29) is 11.7 Å². The molecule has 0 atom stereocenters. The molecule has 1 N–H and O–H groups in total. The van der Waals surface area contributed by atoms with Gasteiger partial charge in [-0.25, -0.2) is 0 Å². The lowest BCUT2D eigenvalue weighted by molar-refractivity contribution is -0.116. The van der Waals surface area contributed by atoms with Crippen molar-refractivity contribution >= 4 is 17.4 Å². The SMILES string of the molecule is CCCCCCC(=O)c1ccc2c(c1)CCC(=O)N2. The van der Waals surface area contributed by atoms with Crippen molar-refractivity contribution < 1.29 is 9.59 Å². The maximum atomic E-state index is 12.1. The van der Waals surface area contributed by atoms with Crippen LogP contribution < -0.4 is 5.32 Å². The lowest BCUT2D eigenvalue weighted by Gasteiger charge is -2.17. The number of amides is 1. The van der Waals surface area contributed by atoms with Crippen LogP contribution in [-0.2, 0) is 11.2 Å². The van der Waals surface area contributed by atoms with Gasteiger partial charge in [0.25, 0.3) is 0 Å². The molecular formula is C16H21NO2. The molecule has 0 radical (unpaired) electrons. The Morgan fingerprint density at radius 2 is 2.05 bits per heavy atom. The first kappa shape index (κ1) is 13.8. The minimum absolute atomic E-state index is 0.0612. The Bertz CT molecular complexity index is 480. The predicted molar refractivity (Wildman–Crippen MR) is 76.5 cm³/mol. The van der Waals surface area contributed by atoms with Gasteiger partial charge in [0.2, 0.25) is 5.91 Å².